The summed E-state index contributed by atoms with van der Waals surface area (Å²) < 4.78 is 11.3. The van der Waals surface area contributed by atoms with Crippen LogP contribution in [-0.2, 0) is 0 Å². The summed E-state index contributed by atoms with van der Waals surface area (Å²) in [6.07, 6.45) is 1.28. The number of aliphatic imine (C=N–C) groups is 1. The van der Waals surface area contributed by atoms with Gasteiger partial charge in [0, 0.05) is 12.8 Å². The summed E-state index contributed by atoms with van der Waals surface area (Å²) in [5.41, 5.74) is 5.27. The maximum absolute atomic E-state index is 11.3. The number of rotatable bonds is 4. The van der Waals surface area contributed by atoms with Gasteiger partial charge in [0.25, 0.3) is 0 Å². The van der Waals surface area contributed by atoms with E-state index in [1.165, 1.54) is 6.21 Å². The molecule has 0 bridgehead atoms. The van der Waals surface area contributed by atoms with Crippen LogP contribution in [0.4, 0.5) is 4.39 Å². The van der Waals surface area contributed by atoms with E-state index < -0.39 is 6.67 Å². The maximum atomic E-state index is 11.3. The van der Waals surface area contributed by atoms with Gasteiger partial charge in [-0.2, -0.15) is 0 Å². The average molecular weight is 131 g/mol. The molecule has 0 amide bonds. The first-order chi connectivity index (χ1) is 4.31. The van der Waals surface area contributed by atoms with Gasteiger partial charge >= 0.3 is 0 Å². The average Bonchev–Trinajstić information content (AvgIpc) is 1.89. The lowest BCUT2D eigenvalue weighted by Gasteiger charge is -1.86. The van der Waals surface area contributed by atoms with Gasteiger partial charge in [-0.15, -0.1) is 0 Å². The van der Waals surface area contributed by atoms with Crippen LogP contribution in [0.3, 0.4) is 0 Å². The van der Waals surface area contributed by atoms with Crippen molar-refractivity contribution in [2.75, 3.05) is 19.8 Å². The molecular formula is C5H10FN3. The first-order valence-corrected chi connectivity index (χ1v) is 2.64. The van der Waals surface area contributed by atoms with E-state index >= 15 is 0 Å². The topological polar surface area (TPSA) is 62.2 Å². The lowest BCUT2D eigenvalue weighted by molar-refractivity contribution is 0.505. The predicted molar refractivity (Wildman–Crippen MR) is 36.1 cm³/mol. The Morgan fingerprint density at radius 3 is 2.89 bits per heavy atom. The third kappa shape index (κ3) is 5.10. The molecule has 0 aliphatic heterocycles. The third-order valence-corrected chi connectivity index (χ3v) is 0.681. The fourth-order valence-electron chi connectivity index (χ4n) is 0.276. The minimum Gasteiger partial charge on any atom is -0.325 e. The van der Waals surface area contributed by atoms with Crippen LogP contribution in [-0.4, -0.2) is 31.7 Å². The molecule has 0 saturated carbocycles. The Bertz CT molecular complexity index is 111. The Kier molecular flexibility index (Phi) is 4.91. The van der Waals surface area contributed by atoms with Crippen molar-refractivity contribution in [2.24, 2.45) is 10.7 Å². The smallest absolute Gasteiger partial charge is 0.109 e. The Hall–Kier alpha value is -0.770. The lowest BCUT2D eigenvalue weighted by atomic mass is 10.4. The van der Waals surface area contributed by atoms with Crippen LogP contribution in [0, 0.1) is 5.41 Å². The van der Waals surface area contributed by atoms with E-state index in [-0.39, 0.29) is 18.8 Å². The molecule has 4 heteroatoms. The number of hydrogen-bond acceptors (Lipinski definition) is 3. The summed E-state index contributed by atoms with van der Waals surface area (Å²) >= 11 is 0. The van der Waals surface area contributed by atoms with Crippen molar-refractivity contribution < 1.29 is 4.39 Å². The van der Waals surface area contributed by atoms with Crippen LogP contribution in [0.25, 0.3) is 0 Å². The summed E-state index contributed by atoms with van der Waals surface area (Å²) in [6.45, 7) is -0.188. The molecule has 3 N–H and O–H groups in total. The fourth-order valence-corrected chi connectivity index (χ4v) is 0.276. The SMILES string of the molecule is N=C(C=NCCF)CN. The van der Waals surface area contributed by atoms with E-state index in [1.54, 1.807) is 0 Å². The molecule has 0 spiro atoms. The highest BCUT2D eigenvalue weighted by molar-refractivity contribution is 6.29. The van der Waals surface area contributed by atoms with Crippen LogP contribution >= 0.6 is 0 Å². The van der Waals surface area contributed by atoms with Gasteiger partial charge in [-0.25, -0.2) is 4.39 Å². The van der Waals surface area contributed by atoms with E-state index in [0.717, 1.165) is 0 Å². The second kappa shape index (κ2) is 5.37. The summed E-state index contributed by atoms with van der Waals surface area (Å²) in [4.78, 5) is 3.56. The van der Waals surface area contributed by atoms with Crippen molar-refractivity contribution in [1.82, 2.24) is 0 Å². The number of nitrogens with one attached hydrogen (secondary N) is 1. The number of hydrogen-bond donors (Lipinski definition) is 2. The van der Waals surface area contributed by atoms with Crippen LogP contribution < -0.4 is 5.73 Å². The number of nitrogens with zero attached hydrogens (tertiary/aromatic N) is 1. The monoisotopic (exact) mass is 131 g/mol. The van der Waals surface area contributed by atoms with Gasteiger partial charge in [0.15, 0.2) is 0 Å². The van der Waals surface area contributed by atoms with Crippen molar-refractivity contribution in [2.45, 2.75) is 0 Å². The lowest BCUT2D eigenvalue weighted by Crippen LogP contribution is -2.13. The molecule has 0 aromatic heterocycles. The van der Waals surface area contributed by atoms with E-state index in [0.29, 0.717) is 0 Å². The predicted octanol–water partition coefficient (Wildman–Crippen LogP) is 0.00517. The van der Waals surface area contributed by atoms with Gasteiger partial charge in [-0.05, 0) is 0 Å². The first-order valence-electron chi connectivity index (χ1n) is 2.64. The molecule has 0 radical (unpaired) electrons. The highest BCUT2D eigenvalue weighted by Crippen LogP contribution is 1.70. The Morgan fingerprint density at radius 2 is 2.44 bits per heavy atom. The van der Waals surface area contributed by atoms with Gasteiger partial charge < -0.3 is 11.1 Å². The Morgan fingerprint density at radius 1 is 1.78 bits per heavy atom. The quantitative estimate of drug-likeness (QED) is 0.518. The zero-order valence-corrected chi connectivity index (χ0v) is 5.10. The van der Waals surface area contributed by atoms with Crippen molar-refractivity contribution in [3.63, 3.8) is 0 Å². The van der Waals surface area contributed by atoms with E-state index in [4.69, 9.17) is 11.1 Å². The van der Waals surface area contributed by atoms with Crippen LogP contribution in [0.5, 0.6) is 0 Å². The van der Waals surface area contributed by atoms with Gasteiger partial charge in [0.1, 0.15) is 6.67 Å². The summed E-state index contributed by atoms with van der Waals surface area (Å²) in [7, 11) is 0. The van der Waals surface area contributed by atoms with Crippen LogP contribution in [0.15, 0.2) is 4.99 Å². The third-order valence-electron chi connectivity index (χ3n) is 0.681. The molecule has 0 unspecified atom stereocenters. The highest BCUT2D eigenvalue weighted by Gasteiger charge is 1.83. The molecule has 3 nitrogen and oxygen atoms in total. The molecule has 0 aromatic rings. The summed E-state index contributed by atoms with van der Waals surface area (Å²) in [6, 6.07) is 0. The maximum Gasteiger partial charge on any atom is 0.109 e. The number of halogens is 1. The van der Waals surface area contributed by atoms with Gasteiger partial charge in [0.2, 0.25) is 0 Å². The van der Waals surface area contributed by atoms with Gasteiger partial charge in [0.05, 0.1) is 12.3 Å². The largest absolute Gasteiger partial charge is 0.325 e. The molecule has 0 fully saturated rings. The standard InChI is InChI=1S/C5H10FN3/c6-1-2-9-4-5(8)3-7/h4,8H,1-3,7H2. The van der Waals surface area contributed by atoms with Crippen molar-refractivity contribution in [3.05, 3.63) is 0 Å². The fraction of sp³-hybridized carbons (Fsp3) is 0.600. The second-order valence-electron chi connectivity index (χ2n) is 1.45. The molecule has 0 saturated heterocycles. The highest BCUT2D eigenvalue weighted by atomic mass is 19.1. The zero-order valence-electron chi connectivity index (χ0n) is 5.10. The summed E-state index contributed by atoms with van der Waals surface area (Å²) in [5.74, 6) is 0. The second-order valence-corrected chi connectivity index (χ2v) is 1.45. The first kappa shape index (κ1) is 8.23. The molecule has 0 aliphatic rings. The normalized spacial score (nSPS) is 10.4. The number of nitrogens with two attached hydrogens (primary N) is 1. The summed E-state index contributed by atoms with van der Waals surface area (Å²) in [5, 5.41) is 6.92. The Balaban J connectivity index is 3.32. The van der Waals surface area contributed by atoms with Crippen LogP contribution in [0.2, 0.25) is 0 Å². The van der Waals surface area contributed by atoms with Gasteiger partial charge in [-0.1, -0.05) is 0 Å². The zero-order chi connectivity index (χ0) is 7.11. The van der Waals surface area contributed by atoms with Crippen molar-refractivity contribution >= 4 is 11.9 Å². The molecule has 0 aromatic carbocycles. The molecule has 0 heterocycles. The molecule has 52 valence electrons. The Labute approximate surface area is 53.3 Å². The minimum absolute atomic E-state index is 0.127. The minimum atomic E-state index is -0.478. The molecule has 9 heavy (non-hydrogen) atoms. The number of alkyl halides is 1. The molecule has 0 atom stereocenters. The van der Waals surface area contributed by atoms with E-state index in [9.17, 15) is 4.39 Å². The van der Waals surface area contributed by atoms with E-state index in [1.807, 2.05) is 0 Å². The molecule has 0 rings (SSSR count). The van der Waals surface area contributed by atoms with Gasteiger partial charge in [-0.3, -0.25) is 4.99 Å². The molecular weight excluding hydrogens is 121 g/mol. The van der Waals surface area contributed by atoms with Crippen LogP contribution in [0.1, 0.15) is 0 Å². The van der Waals surface area contributed by atoms with E-state index in [2.05, 4.69) is 4.99 Å². The molecule has 0 aliphatic carbocycles. The van der Waals surface area contributed by atoms with Crippen molar-refractivity contribution in [3.8, 4) is 0 Å². The van der Waals surface area contributed by atoms with Crippen molar-refractivity contribution in [1.29, 1.82) is 5.41 Å².